The lowest BCUT2D eigenvalue weighted by Crippen LogP contribution is -2.65. The largest absolute Gasteiger partial charge is 0.463 e. The molecule has 61 heavy (non-hydrogen) atoms. The zero-order valence-corrected chi connectivity index (χ0v) is 35.6. The summed E-state index contributed by atoms with van der Waals surface area (Å²) in [6.07, 6.45) is -9.46. The van der Waals surface area contributed by atoms with E-state index in [1.165, 1.54) is 32.9 Å². The lowest BCUT2D eigenvalue weighted by molar-refractivity contribution is -0.369. The number of benzene rings is 1. The number of ether oxygens (including phenoxy) is 9. The summed E-state index contributed by atoms with van der Waals surface area (Å²) >= 11 is 0. The first-order valence-electron chi connectivity index (χ1n) is 20.9. The monoisotopic (exact) mass is 860 g/mol. The Morgan fingerprint density at radius 3 is 2.16 bits per heavy atom. The van der Waals surface area contributed by atoms with E-state index in [9.17, 15) is 39.0 Å². The molecule has 3 saturated heterocycles. The van der Waals surface area contributed by atoms with Gasteiger partial charge in [-0.3, -0.25) is 19.2 Å². The highest BCUT2D eigenvalue weighted by molar-refractivity contribution is 5.89. The molecule has 338 valence electrons. The van der Waals surface area contributed by atoms with Gasteiger partial charge in [0, 0.05) is 31.9 Å². The number of Topliss-reactive ketones (excluding diaryl/α,β-unsaturated/α-hetero) is 1. The number of hydrogen-bond acceptors (Lipinski definition) is 17. The van der Waals surface area contributed by atoms with Crippen LogP contribution in [0.1, 0.15) is 105 Å². The molecule has 0 aliphatic carbocycles. The molecule has 0 amide bonds. The fourth-order valence-corrected chi connectivity index (χ4v) is 7.20. The molecule has 17 nitrogen and oxygen atoms in total. The summed E-state index contributed by atoms with van der Waals surface area (Å²) in [5.41, 5.74) is 0.803. The SMILES string of the molecule is C/C=C(\C)C(=O)O[C@@H]1[C@@H](O)[C@@H]2O[C@H]3[C@H](O[C@@H](CCC)CCCCC[C@H](OC(C)=O)C(=O)CCC(=O)OC[C@@H](O2)[C@@H]1OC(=O)/C=C/c1ccccc1)O[C@H](C)[C@H](OC(C)=O)[C@@H]3O. The van der Waals surface area contributed by atoms with E-state index in [0.29, 0.717) is 44.1 Å². The van der Waals surface area contributed by atoms with E-state index in [1.54, 1.807) is 44.2 Å². The lowest BCUT2D eigenvalue weighted by atomic mass is 9.96. The Kier molecular flexibility index (Phi) is 19.5. The Labute approximate surface area is 355 Å². The van der Waals surface area contributed by atoms with Gasteiger partial charge in [0.1, 0.15) is 31.0 Å². The zero-order valence-electron chi connectivity index (χ0n) is 35.6. The van der Waals surface area contributed by atoms with Crippen LogP contribution in [0.3, 0.4) is 0 Å². The summed E-state index contributed by atoms with van der Waals surface area (Å²) in [5, 5.41) is 23.7. The van der Waals surface area contributed by atoms with Crippen LogP contribution in [0.4, 0.5) is 0 Å². The van der Waals surface area contributed by atoms with Crippen molar-refractivity contribution in [2.45, 2.75) is 173 Å². The number of carbonyl (C=O) groups is 6. The molecule has 0 unspecified atom stereocenters. The average molecular weight is 861 g/mol. The number of aliphatic hydroxyl groups is 2. The number of hydrogen-bond donors (Lipinski definition) is 2. The fraction of sp³-hybridized carbons (Fsp3) is 0.636. The number of cyclic esters (lactones) is 1. The van der Waals surface area contributed by atoms with Crippen LogP contribution in [0.2, 0.25) is 0 Å². The molecule has 1 aromatic rings. The minimum Gasteiger partial charge on any atom is -0.463 e. The lowest BCUT2D eigenvalue weighted by Gasteiger charge is -2.47. The topological polar surface area (TPSA) is 226 Å². The summed E-state index contributed by atoms with van der Waals surface area (Å²) in [6.45, 7) is 8.31. The predicted octanol–water partition coefficient (Wildman–Crippen LogP) is 3.97. The summed E-state index contributed by atoms with van der Waals surface area (Å²) < 4.78 is 53.0. The molecule has 3 aliphatic rings. The Hall–Kier alpha value is -4.52. The van der Waals surface area contributed by atoms with E-state index in [0.717, 1.165) is 6.08 Å². The summed E-state index contributed by atoms with van der Waals surface area (Å²) in [7, 11) is 0. The van der Waals surface area contributed by atoms with Gasteiger partial charge in [-0.1, -0.05) is 62.6 Å². The Balaban J connectivity index is 1.77. The van der Waals surface area contributed by atoms with Gasteiger partial charge in [0.25, 0.3) is 0 Å². The Morgan fingerprint density at radius 2 is 1.49 bits per heavy atom. The van der Waals surface area contributed by atoms with Crippen LogP contribution in [-0.4, -0.2) is 126 Å². The van der Waals surface area contributed by atoms with Crippen molar-refractivity contribution in [1.29, 1.82) is 0 Å². The Bertz CT molecular complexity index is 1690. The van der Waals surface area contributed by atoms with Crippen LogP contribution >= 0.6 is 0 Å². The van der Waals surface area contributed by atoms with E-state index < -0.39 is 122 Å². The van der Waals surface area contributed by atoms with Crippen LogP contribution in [0.25, 0.3) is 6.08 Å². The van der Waals surface area contributed by atoms with Crippen molar-refractivity contribution >= 4 is 41.7 Å². The summed E-state index contributed by atoms with van der Waals surface area (Å²) in [5.74, 6) is -4.51. The van der Waals surface area contributed by atoms with E-state index in [1.807, 2.05) is 6.92 Å². The first-order valence-corrected chi connectivity index (χ1v) is 20.9. The highest BCUT2D eigenvalue weighted by Crippen LogP contribution is 2.34. The summed E-state index contributed by atoms with van der Waals surface area (Å²) in [4.78, 5) is 77.1. The number of carbonyl (C=O) groups excluding carboxylic acids is 6. The standard InChI is InChI=1S/C44H60O17/c1-7-15-30-18-13-10-14-19-32(55-27(5)45)31(47)21-23-34(48)53-24-33-39(59-35(49)22-20-29-16-11-9-12-17-29)40(60-42(52)25(3)8-2)37(51)43(58-33)61-41-36(50)38(56-28(6)46)26(4)54-44(41)57-30/h8-9,11-12,16-17,20,22,26,30,32-33,36-41,43-44,50-51H,7,10,13-15,18-19,21,23-24H2,1-6H3/b22-20+,25-8+/t26-,30+,32+,33-,36+,37-,38+,39+,40-,41-,43+,44+/m1/s1. The third-order valence-electron chi connectivity index (χ3n) is 10.5. The molecule has 0 radical (unpaired) electrons. The maximum absolute atomic E-state index is 13.4. The molecule has 12 atom stereocenters. The van der Waals surface area contributed by atoms with Crippen LogP contribution in [0, 0.1) is 0 Å². The number of fused-ring (bicyclic) bond motifs is 3. The van der Waals surface area contributed by atoms with Gasteiger partial charge in [0.05, 0.1) is 18.6 Å². The van der Waals surface area contributed by atoms with Crippen LogP contribution in [0.15, 0.2) is 48.1 Å². The van der Waals surface area contributed by atoms with E-state index in [-0.39, 0.29) is 18.4 Å². The maximum atomic E-state index is 13.4. The van der Waals surface area contributed by atoms with Crippen LogP contribution in [-0.2, 0) is 71.4 Å². The van der Waals surface area contributed by atoms with Gasteiger partial charge in [-0.05, 0) is 58.1 Å². The predicted molar refractivity (Wildman–Crippen MR) is 214 cm³/mol. The summed E-state index contributed by atoms with van der Waals surface area (Å²) in [6, 6.07) is 8.82. The molecular weight excluding hydrogens is 800 g/mol. The third-order valence-corrected chi connectivity index (χ3v) is 10.5. The molecule has 4 rings (SSSR count). The van der Waals surface area contributed by atoms with Gasteiger partial charge in [-0.25, -0.2) is 9.59 Å². The molecule has 3 heterocycles. The number of aliphatic hydroxyl groups excluding tert-OH is 2. The highest BCUT2D eigenvalue weighted by atomic mass is 16.8. The fourth-order valence-electron chi connectivity index (χ4n) is 7.20. The van der Waals surface area contributed by atoms with Crippen molar-refractivity contribution in [3.63, 3.8) is 0 Å². The van der Waals surface area contributed by atoms with Crippen molar-refractivity contribution in [3.05, 3.63) is 53.6 Å². The quantitative estimate of drug-likeness (QED) is 0.203. The van der Waals surface area contributed by atoms with Crippen LogP contribution in [0.5, 0.6) is 0 Å². The van der Waals surface area contributed by atoms with Gasteiger partial charge in [-0.15, -0.1) is 0 Å². The van der Waals surface area contributed by atoms with Crippen molar-refractivity contribution in [3.8, 4) is 0 Å². The zero-order chi connectivity index (χ0) is 44.6. The Morgan fingerprint density at radius 1 is 0.787 bits per heavy atom. The molecule has 3 aliphatic heterocycles. The average Bonchev–Trinajstić information content (AvgIpc) is 3.22. The van der Waals surface area contributed by atoms with Crippen molar-refractivity contribution in [2.75, 3.05) is 6.61 Å². The van der Waals surface area contributed by atoms with Crippen molar-refractivity contribution < 1.29 is 81.6 Å². The molecule has 0 saturated carbocycles. The molecule has 0 spiro atoms. The van der Waals surface area contributed by atoms with Crippen molar-refractivity contribution in [2.24, 2.45) is 0 Å². The molecule has 17 heteroatoms. The third kappa shape index (κ3) is 14.8. The maximum Gasteiger partial charge on any atom is 0.333 e. The number of esters is 5. The second-order valence-corrected chi connectivity index (χ2v) is 15.3. The number of ketones is 1. The van der Waals surface area contributed by atoms with Gasteiger partial charge in [-0.2, -0.15) is 0 Å². The minimum absolute atomic E-state index is 0.141. The molecule has 2 bridgehead atoms. The number of allylic oxidation sites excluding steroid dienone is 1. The number of rotatable bonds is 9. The first kappa shape index (κ1) is 49.1. The van der Waals surface area contributed by atoms with Gasteiger partial charge < -0.3 is 52.8 Å². The van der Waals surface area contributed by atoms with Gasteiger partial charge in [0.2, 0.25) is 0 Å². The highest BCUT2D eigenvalue weighted by Gasteiger charge is 2.55. The van der Waals surface area contributed by atoms with Crippen LogP contribution < -0.4 is 0 Å². The molecule has 1 aromatic carbocycles. The normalized spacial score (nSPS) is 32.4. The minimum atomic E-state index is -1.92. The van der Waals surface area contributed by atoms with Gasteiger partial charge >= 0.3 is 29.8 Å². The molecule has 2 N–H and O–H groups in total. The van der Waals surface area contributed by atoms with Gasteiger partial charge in [0.15, 0.2) is 42.8 Å². The molecular formula is C44H60O17. The van der Waals surface area contributed by atoms with E-state index in [2.05, 4.69) is 0 Å². The smallest absolute Gasteiger partial charge is 0.333 e. The molecule has 3 fully saturated rings. The molecule has 0 aromatic heterocycles. The second kappa shape index (κ2) is 24.2. The second-order valence-electron chi connectivity index (χ2n) is 15.3. The van der Waals surface area contributed by atoms with Crippen molar-refractivity contribution in [1.82, 2.24) is 0 Å². The van der Waals surface area contributed by atoms with E-state index in [4.69, 9.17) is 42.6 Å². The van der Waals surface area contributed by atoms with E-state index >= 15 is 0 Å². The first-order chi connectivity index (χ1) is 29.1.